The molecule has 1 aromatic carbocycles. The SMILES string of the molecule is Cl.NCC(NS(=O)(=O)c1ccc2[nH]c(=O)[nH]c(=O)c2c1)C1CCCCC1. The highest BCUT2D eigenvalue weighted by Gasteiger charge is 2.27. The van der Waals surface area contributed by atoms with Gasteiger partial charge in [0.15, 0.2) is 0 Å². The first-order chi connectivity index (χ1) is 11.9. The summed E-state index contributed by atoms with van der Waals surface area (Å²) >= 11 is 0. The maximum Gasteiger partial charge on any atom is 0.326 e. The van der Waals surface area contributed by atoms with Gasteiger partial charge < -0.3 is 10.7 Å². The molecule has 26 heavy (non-hydrogen) atoms. The first-order valence-corrected chi connectivity index (χ1v) is 9.88. The summed E-state index contributed by atoms with van der Waals surface area (Å²) < 4.78 is 28.1. The summed E-state index contributed by atoms with van der Waals surface area (Å²) in [6, 6.07) is 3.73. The Bertz CT molecular complexity index is 980. The third kappa shape index (κ3) is 4.35. The lowest BCUT2D eigenvalue weighted by atomic mass is 9.84. The van der Waals surface area contributed by atoms with Crippen molar-refractivity contribution in [3.8, 4) is 0 Å². The lowest BCUT2D eigenvalue weighted by Crippen LogP contribution is -2.45. The molecule has 1 saturated carbocycles. The van der Waals surface area contributed by atoms with Crippen LogP contribution in [0.1, 0.15) is 32.1 Å². The molecule has 0 aliphatic heterocycles. The molecule has 144 valence electrons. The molecule has 0 saturated heterocycles. The zero-order valence-corrected chi connectivity index (χ0v) is 15.8. The van der Waals surface area contributed by atoms with E-state index in [9.17, 15) is 18.0 Å². The maximum atomic E-state index is 12.7. The van der Waals surface area contributed by atoms with Gasteiger partial charge in [0.05, 0.1) is 15.8 Å². The van der Waals surface area contributed by atoms with Crippen molar-refractivity contribution in [3.05, 3.63) is 39.0 Å². The second kappa shape index (κ2) is 8.34. The van der Waals surface area contributed by atoms with Crippen LogP contribution in [0.2, 0.25) is 0 Å². The second-order valence-corrected chi connectivity index (χ2v) is 8.19. The fraction of sp³-hybridized carbons (Fsp3) is 0.500. The quantitative estimate of drug-likeness (QED) is 0.586. The van der Waals surface area contributed by atoms with E-state index in [2.05, 4.69) is 14.7 Å². The lowest BCUT2D eigenvalue weighted by Gasteiger charge is -2.29. The molecule has 3 rings (SSSR count). The van der Waals surface area contributed by atoms with Gasteiger partial charge in [-0.2, -0.15) is 0 Å². The number of sulfonamides is 1. The van der Waals surface area contributed by atoms with E-state index in [0.717, 1.165) is 25.7 Å². The van der Waals surface area contributed by atoms with Gasteiger partial charge in [0.25, 0.3) is 5.56 Å². The van der Waals surface area contributed by atoms with E-state index in [1.54, 1.807) is 0 Å². The molecule has 1 unspecified atom stereocenters. The summed E-state index contributed by atoms with van der Waals surface area (Å²) in [5, 5.41) is 0.115. The fourth-order valence-corrected chi connectivity index (χ4v) is 4.80. The Kier molecular flexibility index (Phi) is 6.62. The molecule has 1 aliphatic rings. The van der Waals surface area contributed by atoms with Gasteiger partial charge in [-0.3, -0.25) is 9.78 Å². The minimum absolute atomic E-state index is 0. The van der Waals surface area contributed by atoms with E-state index >= 15 is 0 Å². The Morgan fingerprint density at radius 2 is 1.85 bits per heavy atom. The van der Waals surface area contributed by atoms with E-state index in [1.807, 2.05) is 0 Å². The third-order valence-corrected chi connectivity index (χ3v) is 6.29. The van der Waals surface area contributed by atoms with E-state index in [4.69, 9.17) is 5.73 Å². The fourth-order valence-electron chi connectivity index (χ4n) is 3.45. The Morgan fingerprint density at radius 3 is 2.50 bits per heavy atom. The minimum Gasteiger partial charge on any atom is -0.329 e. The summed E-state index contributed by atoms with van der Waals surface area (Å²) in [4.78, 5) is 27.7. The van der Waals surface area contributed by atoms with E-state index in [1.165, 1.54) is 24.6 Å². The summed E-state index contributed by atoms with van der Waals surface area (Å²) in [6.07, 6.45) is 5.27. The number of hydrogen-bond acceptors (Lipinski definition) is 5. The van der Waals surface area contributed by atoms with Crippen LogP contribution in [-0.4, -0.2) is 31.0 Å². The molecule has 1 aliphatic carbocycles. The maximum absolute atomic E-state index is 12.7. The molecular formula is C16H23ClN4O4S. The van der Waals surface area contributed by atoms with Crippen LogP contribution in [-0.2, 0) is 10.0 Å². The number of H-pyrrole nitrogens is 2. The predicted molar refractivity (Wildman–Crippen MR) is 102 cm³/mol. The van der Waals surface area contributed by atoms with Gasteiger partial charge in [0.2, 0.25) is 10.0 Å². The number of nitrogens with one attached hydrogen (secondary N) is 3. The first-order valence-electron chi connectivity index (χ1n) is 8.39. The van der Waals surface area contributed by atoms with Crippen LogP contribution in [0.15, 0.2) is 32.7 Å². The van der Waals surface area contributed by atoms with Crippen molar-refractivity contribution in [1.29, 1.82) is 0 Å². The standard InChI is InChI=1S/C16H22N4O4S.ClH/c17-9-14(10-4-2-1-3-5-10)20-25(23,24)11-6-7-13-12(8-11)15(21)19-16(22)18-13;/h6-8,10,14,20H,1-5,9,17H2,(H2,18,19,21,22);1H. The summed E-state index contributed by atoms with van der Waals surface area (Å²) in [5.74, 6) is 0.230. The van der Waals surface area contributed by atoms with Crippen molar-refractivity contribution in [1.82, 2.24) is 14.7 Å². The number of nitrogens with two attached hydrogens (primary N) is 1. The highest BCUT2D eigenvalue weighted by Crippen LogP contribution is 2.27. The molecule has 10 heteroatoms. The normalized spacial score (nSPS) is 17.0. The summed E-state index contributed by atoms with van der Waals surface area (Å²) in [5.41, 5.74) is 4.83. The van der Waals surface area contributed by atoms with E-state index in [-0.39, 0.29) is 46.7 Å². The molecule has 1 aromatic heterocycles. The van der Waals surface area contributed by atoms with Crippen LogP contribution >= 0.6 is 12.4 Å². The molecule has 1 heterocycles. The molecule has 2 aromatic rings. The van der Waals surface area contributed by atoms with Gasteiger partial charge in [-0.1, -0.05) is 19.3 Å². The van der Waals surface area contributed by atoms with Gasteiger partial charge >= 0.3 is 5.69 Å². The van der Waals surface area contributed by atoms with Crippen LogP contribution in [0.25, 0.3) is 10.9 Å². The third-order valence-electron chi connectivity index (χ3n) is 4.80. The van der Waals surface area contributed by atoms with Gasteiger partial charge in [-0.25, -0.2) is 17.9 Å². The van der Waals surface area contributed by atoms with Crippen LogP contribution < -0.4 is 21.7 Å². The van der Waals surface area contributed by atoms with Crippen molar-refractivity contribution in [2.75, 3.05) is 6.54 Å². The van der Waals surface area contributed by atoms with Gasteiger partial charge in [-0.15, -0.1) is 12.4 Å². The number of hydrogen-bond donors (Lipinski definition) is 4. The predicted octanol–water partition coefficient (Wildman–Crippen LogP) is 0.824. The Morgan fingerprint density at radius 1 is 1.15 bits per heavy atom. The van der Waals surface area contributed by atoms with Crippen molar-refractivity contribution >= 4 is 33.3 Å². The van der Waals surface area contributed by atoms with Crippen LogP contribution in [0, 0.1) is 5.92 Å². The first kappa shape index (κ1) is 20.6. The van der Waals surface area contributed by atoms with Crippen molar-refractivity contribution < 1.29 is 8.42 Å². The van der Waals surface area contributed by atoms with E-state index < -0.39 is 21.3 Å². The number of fused-ring (bicyclic) bond motifs is 1. The molecule has 8 nitrogen and oxygen atoms in total. The largest absolute Gasteiger partial charge is 0.329 e. The molecule has 5 N–H and O–H groups in total. The smallest absolute Gasteiger partial charge is 0.326 e. The van der Waals surface area contributed by atoms with Gasteiger partial charge in [0, 0.05) is 12.6 Å². The zero-order chi connectivity index (χ0) is 18.0. The Hall–Kier alpha value is -1.68. The average molecular weight is 403 g/mol. The second-order valence-electron chi connectivity index (χ2n) is 6.48. The number of aromatic nitrogens is 2. The van der Waals surface area contributed by atoms with Crippen molar-refractivity contribution in [2.24, 2.45) is 11.7 Å². The highest BCUT2D eigenvalue weighted by molar-refractivity contribution is 7.89. The Balaban J connectivity index is 0.00000243. The zero-order valence-electron chi connectivity index (χ0n) is 14.2. The highest BCUT2D eigenvalue weighted by atomic mass is 35.5. The number of aromatic amines is 2. The Labute approximate surface area is 157 Å². The minimum atomic E-state index is -3.81. The van der Waals surface area contributed by atoms with Crippen molar-refractivity contribution in [2.45, 2.75) is 43.0 Å². The van der Waals surface area contributed by atoms with Gasteiger partial charge in [-0.05, 0) is 37.0 Å². The number of benzene rings is 1. The number of rotatable bonds is 5. The lowest BCUT2D eigenvalue weighted by molar-refractivity contribution is 0.294. The van der Waals surface area contributed by atoms with Gasteiger partial charge in [0.1, 0.15) is 0 Å². The monoisotopic (exact) mass is 402 g/mol. The molecule has 1 atom stereocenters. The topological polar surface area (TPSA) is 138 Å². The molecular weight excluding hydrogens is 380 g/mol. The van der Waals surface area contributed by atoms with Crippen LogP contribution in [0.5, 0.6) is 0 Å². The van der Waals surface area contributed by atoms with Crippen LogP contribution in [0.4, 0.5) is 0 Å². The van der Waals surface area contributed by atoms with E-state index in [0.29, 0.717) is 0 Å². The van der Waals surface area contributed by atoms with Crippen molar-refractivity contribution in [3.63, 3.8) is 0 Å². The summed E-state index contributed by atoms with van der Waals surface area (Å²) in [6.45, 7) is 0.228. The molecule has 0 spiro atoms. The summed E-state index contributed by atoms with van der Waals surface area (Å²) in [7, 11) is -3.81. The molecule has 0 bridgehead atoms. The average Bonchev–Trinajstić information content (AvgIpc) is 2.60. The number of halogens is 1. The molecule has 1 fully saturated rings. The van der Waals surface area contributed by atoms with Crippen LogP contribution in [0.3, 0.4) is 0 Å². The molecule has 0 amide bonds. The molecule has 0 radical (unpaired) electrons.